The van der Waals surface area contributed by atoms with Crippen LogP contribution in [0.5, 0.6) is 11.5 Å². The number of ether oxygens (including phenoxy) is 3. The third-order valence-corrected chi connectivity index (χ3v) is 2.62. The molecule has 19 heavy (non-hydrogen) atoms. The summed E-state index contributed by atoms with van der Waals surface area (Å²) in [6, 6.07) is 5.78. The number of aryl methyl sites for hydroxylation is 1. The zero-order valence-corrected chi connectivity index (χ0v) is 11.9. The Kier molecular flexibility index (Phi) is 6.79. The largest absolute Gasteiger partial charge is 0.490 e. The first kappa shape index (κ1) is 15.3. The number of esters is 1. The van der Waals surface area contributed by atoms with Crippen LogP contribution >= 0.6 is 0 Å². The molecule has 0 spiro atoms. The van der Waals surface area contributed by atoms with E-state index in [2.05, 4.69) is 11.7 Å². The molecule has 0 bridgehead atoms. The Labute approximate surface area is 114 Å². The highest BCUT2D eigenvalue weighted by Crippen LogP contribution is 2.29. The molecule has 1 aromatic carbocycles. The van der Waals surface area contributed by atoms with E-state index in [4.69, 9.17) is 9.47 Å². The van der Waals surface area contributed by atoms with Crippen LogP contribution in [0.2, 0.25) is 0 Å². The van der Waals surface area contributed by atoms with Gasteiger partial charge in [-0.05, 0) is 37.5 Å². The number of benzene rings is 1. The van der Waals surface area contributed by atoms with Crippen LogP contribution in [-0.2, 0) is 16.0 Å². The van der Waals surface area contributed by atoms with Crippen molar-refractivity contribution in [2.45, 2.75) is 33.1 Å². The fourth-order valence-corrected chi connectivity index (χ4v) is 1.66. The molecular formula is C15H22O4. The topological polar surface area (TPSA) is 44.8 Å². The minimum Gasteiger partial charge on any atom is -0.490 e. The van der Waals surface area contributed by atoms with Crippen LogP contribution in [0.15, 0.2) is 18.2 Å². The van der Waals surface area contributed by atoms with E-state index < -0.39 is 0 Å². The maximum Gasteiger partial charge on any atom is 0.305 e. The maximum absolute atomic E-state index is 11.1. The van der Waals surface area contributed by atoms with Crippen LogP contribution in [0.25, 0.3) is 0 Å². The van der Waals surface area contributed by atoms with Gasteiger partial charge in [0.1, 0.15) is 0 Å². The van der Waals surface area contributed by atoms with E-state index in [0.29, 0.717) is 26.1 Å². The molecule has 1 rings (SSSR count). The van der Waals surface area contributed by atoms with Crippen LogP contribution in [0.4, 0.5) is 0 Å². The molecule has 0 fully saturated rings. The summed E-state index contributed by atoms with van der Waals surface area (Å²) in [6.45, 7) is 5.25. The van der Waals surface area contributed by atoms with E-state index in [0.717, 1.165) is 23.5 Å². The highest BCUT2D eigenvalue weighted by atomic mass is 16.5. The van der Waals surface area contributed by atoms with Gasteiger partial charge in [-0.2, -0.15) is 0 Å². The van der Waals surface area contributed by atoms with Gasteiger partial charge in [-0.3, -0.25) is 4.79 Å². The predicted octanol–water partition coefficient (Wildman–Crippen LogP) is 2.98. The summed E-state index contributed by atoms with van der Waals surface area (Å²) >= 11 is 0. The molecule has 0 atom stereocenters. The first-order valence-electron chi connectivity index (χ1n) is 6.66. The molecule has 0 amide bonds. The standard InChI is InChI=1S/C15H22O4/c1-4-10-19-13-8-6-12(7-9-15(16)17-3)11-14(13)18-5-2/h6,8,11H,4-5,7,9-10H2,1-3H3. The van der Waals surface area contributed by atoms with Gasteiger partial charge >= 0.3 is 5.97 Å². The molecule has 0 radical (unpaired) electrons. The lowest BCUT2D eigenvalue weighted by atomic mass is 10.1. The van der Waals surface area contributed by atoms with Crippen LogP contribution in [0.3, 0.4) is 0 Å². The summed E-state index contributed by atoms with van der Waals surface area (Å²) in [5.41, 5.74) is 1.04. The Hall–Kier alpha value is -1.71. The average molecular weight is 266 g/mol. The van der Waals surface area contributed by atoms with E-state index >= 15 is 0 Å². The molecule has 4 heteroatoms. The lowest BCUT2D eigenvalue weighted by molar-refractivity contribution is -0.140. The van der Waals surface area contributed by atoms with Crippen molar-refractivity contribution in [2.75, 3.05) is 20.3 Å². The van der Waals surface area contributed by atoms with Gasteiger partial charge in [-0.15, -0.1) is 0 Å². The van der Waals surface area contributed by atoms with Gasteiger partial charge in [-0.1, -0.05) is 13.0 Å². The van der Waals surface area contributed by atoms with Crippen LogP contribution < -0.4 is 9.47 Å². The number of hydrogen-bond donors (Lipinski definition) is 0. The molecule has 0 aliphatic carbocycles. The highest BCUT2D eigenvalue weighted by Gasteiger charge is 2.08. The van der Waals surface area contributed by atoms with Crippen molar-refractivity contribution in [2.24, 2.45) is 0 Å². The van der Waals surface area contributed by atoms with Gasteiger partial charge < -0.3 is 14.2 Å². The summed E-state index contributed by atoms with van der Waals surface area (Å²) in [6.07, 6.45) is 1.97. The van der Waals surface area contributed by atoms with Gasteiger partial charge in [-0.25, -0.2) is 0 Å². The normalized spacial score (nSPS) is 10.1. The number of methoxy groups -OCH3 is 1. The van der Waals surface area contributed by atoms with Gasteiger partial charge in [0.2, 0.25) is 0 Å². The van der Waals surface area contributed by atoms with Crippen molar-refractivity contribution in [1.82, 2.24) is 0 Å². The molecule has 0 aliphatic rings. The molecule has 0 N–H and O–H groups in total. The molecule has 1 aromatic rings. The second kappa shape index (κ2) is 8.40. The van der Waals surface area contributed by atoms with Crippen LogP contribution in [0.1, 0.15) is 32.3 Å². The third-order valence-electron chi connectivity index (χ3n) is 2.62. The predicted molar refractivity (Wildman–Crippen MR) is 73.7 cm³/mol. The van der Waals surface area contributed by atoms with Crippen molar-refractivity contribution in [3.63, 3.8) is 0 Å². The van der Waals surface area contributed by atoms with Crippen LogP contribution in [-0.4, -0.2) is 26.3 Å². The monoisotopic (exact) mass is 266 g/mol. The smallest absolute Gasteiger partial charge is 0.305 e. The van der Waals surface area contributed by atoms with Crippen molar-refractivity contribution < 1.29 is 19.0 Å². The van der Waals surface area contributed by atoms with E-state index in [1.54, 1.807) is 0 Å². The zero-order chi connectivity index (χ0) is 14.1. The lowest BCUT2D eigenvalue weighted by Gasteiger charge is -2.12. The van der Waals surface area contributed by atoms with Crippen LogP contribution in [0, 0.1) is 0 Å². The molecule has 106 valence electrons. The Balaban J connectivity index is 2.73. The quantitative estimate of drug-likeness (QED) is 0.679. The van der Waals surface area contributed by atoms with Crippen molar-refractivity contribution >= 4 is 5.97 Å². The second-order valence-electron chi connectivity index (χ2n) is 4.14. The SMILES string of the molecule is CCCOc1ccc(CCC(=O)OC)cc1OCC. The van der Waals surface area contributed by atoms with Crippen molar-refractivity contribution in [3.05, 3.63) is 23.8 Å². The number of hydrogen-bond acceptors (Lipinski definition) is 4. The minimum atomic E-state index is -0.204. The molecule has 0 aliphatic heterocycles. The zero-order valence-electron chi connectivity index (χ0n) is 11.9. The van der Waals surface area contributed by atoms with Crippen molar-refractivity contribution in [3.8, 4) is 11.5 Å². The minimum absolute atomic E-state index is 0.204. The molecule has 0 saturated heterocycles. The summed E-state index contributed by atoms with van der Waals surface area (Å²) < 4.78 is 15.8. The van der Waals surface area contributed by atoms with Crippen molar-refractivity contribution in [1.29, 1.82) is 0 Å². The Morgan fingerprint density at radius 1 is 1.16 bits per heavy atom. The van der Waals surface area contributed by atoms with E-state index in [1.807, 2.05) is 25.1 Å². The Morgan fingerprint density at radius 2 is 1.95 bits per heavy atom. The van der Waals surface area contributed by atoms with Gasteiger partial charge in [0.05, 0.1) is 20.3 Å². The first-order chi connectivity index (χ1) is 9.21. The fourth-order valence-electron chi connectivity index (χ4n) is 1.66. The lowest BCUT2D eigenvalue weighted by Crippen LogP contribution is -2.03. The summed E-state index contributed by atoms with van der Waals surface area (Å²) in [5.74, 6) is 1.29. The molecule has 0 aromatic heterocycles. The van der Waals surface area contributed by atoms with E-state index in [-0.39, 0.29) is 5.97 Å². The van der Waals surface area contributed by atoms with Gasteiger partial charge in [0.25, 0.3) is 0 Å². The second-order valence-corrected chi connectivity index (χ2v) is 4.14. The number of carbonyl (C=O) groups excluding carboxylic acids is 1. The summed E-state index contributed by atoms with van der Waals surface area (Å²) in [7, 11) is 1.40. The fraction of sp³-hybridized carbons (Fsp3) is 0.533. The molecule has 0 unspecified atom stereocenters. The summed E-state index contributed by atoms with van der Waals surface area (Å²) in [4.78, 5) is 11.1. The first-order valence-corrected chi connectivity index (χ1v) is 6.66. The maximum atomic E-state index is 11.1. The molecule has 4 nitrogen and oxygen atoms in total. The van der Waals surface area contributed by atoms with E-state index in [1.165, 1.54) is 7.11 Å². The highest BCUT2D eigenvalue weighted by molar-refractivity contribution is 5.69. The molecular weight excluding hydrogens is 244 g/mol. The Morgan fingerprint density at radius 3 is 2.58 bits per heavy atom. The van der Waals surface area contributed by atoms with Gasteiger partial charge in [0.15, 0.2) is 11.5 Å². The molecule has 0 heterocycles. The number of carbonyl (C=O) groups is 1. The van der Waals surface area contributed by atoms with Gasteiger partial charge in [0, 0.05) is 6.42 Å². The Bertz CT molecular complexity index is 401. The van der Waals surface area contributed by atoms with E-state index in [9.17, 15) is 4.79 Å². The molecule has 0 saturated carbocycles. The summed E-state index contributed by atoms with van der Waals surface area (Å²) in [5, 5.41) is 0. The average Bonchev–Trinajstić information content (AvgIpc) is 2.44. The third kappa shape index (κ3) is 5.20. The number of rotatable bonds is 8.